The summed E-state index contributed by atoms with van der Waals surface area (Å²) < 4.78 is 1.96. The zero-order chi connectivity index (χ0) is 8.48. The Morgan fingerprint density at radius 2 is 2.09 bits per heavy atom. The first-order chi connectivity index (χ1) is 5.04. The largest absolute Gasteiger partial charge is 0.273 e. The predicted molar refractivity (Wildman–Crippen MR) is 46.6 cm³/mol. The quantitative estimate of drug-likeness (QED) is 0.603. The van der Waals surface area contributed by atoms with Crippen LogP contribution >= 0.6 is 0 Å². The fraction of sp³-hybridized carbons (Fsp3) is 0.667. The summed E-state index contributed by atoms with van der Waals surface area (Å²) in [5, 5.41) is 4.22. The molecule has 62 valence electrons. The number of aryl methyl sites for hydroxylation is 1. The summed E-state index contributed by atoms with van der Waals surface area (Å²) in [6.07, 6.45) is 4.06. The van der Waals surface area contributed by atoms with Crippen molar-refractivity contribution in [2.24, 2.45) is 0 Å². The Morgan fingerprint density at radius 3 is 2.36 bits per heavy atom. The van der Waals surface area contributed by atoms with Gasteiger partial charge in [0.15, 0.2) is 0 Å². The Labute approximate surface area is 68.2 Å². The molecule has 0 saturated carbocycles. The van der Waals surface area contributed by atoms with Crippen LogP contribution in [0.2, 0.25) is 0 Å². The van der Waals surface area contributed by atoms with Gasteiger partial charge in [-0.3, -0.25) is 4.68 Å². The van der Waals surface area contributed by atoms with Crippen LogP contribution < -0.4 is 0 Å². The van der Waals surface area contributed by atoms with E-state index in [2.05, 4.69) is 39.0 Å². The molecule has 2 nitrogen and oxygen atoms in total. The van der Waals surface area contributed by atoms with Crippen molar-refractivity contribution in [2.45, 2.75) is 39.7 Å². The van der Waals surface area contributed by atoms with Crippen molar-refractivity contribution in [2.75, 3.05) is 0 Å². The third-order valence-corrected chi connectivity index (χ3v) is 1.82. The number of aromatic nitrogens is 2. The topological polar surface area (TPSA) is 17.8 Å². The monoisotopic (exact) mass is 152 g/mol. The maximum Gasteiger partial charge on any atom is 0.0527 e. The molecule has 0 saturated heterocycles. The summed E-state index contributed by atoms with van der Waals surface area (Å²) in [6.45, 7) is 9.65. The lowest BCUT2D eigenvalue weighted by Gasteiger charge is -2.14. The van der Waals surface area contributed by atoms with Crippen molar-refractivity contribution in [3.8, 4) is 0 Å². The van der Waals surface area contributed by atoms with Gasteiger partial charge in [-0.2, -0.15) is 5.10 Å². The van der Waals surface area contributed by atoms with Crippen LogP contribution in [0, 0.1) is 0 Å². The standard InChI is InChI=1S/C9H16N2/c1-5-11-7-8(6-10-11)9(2,3)4/h6-7H,5H2,1-4H3. The molecule has 1 aromatic rings. The molecular weight excluding hydrogens is 136 g/mol. The molecule has 1 aromatic heterocycles. The minimum Gasteiger partial charge on any atom is -0.273 e. The van der Waals surface area contributed by atoms with Gasteiger partial charge < -0.3 is 0 Å². The molecular formula is C9H16N2. The highest BCUT2D eigenvalue weighted by Gasteiger charge is 2.14. The van der Waals surface area contributed by atoms with Crippen molar-refractivity contribution in [3.63, 3.8) is 0 Å². The molecule has 0 aromatic carbocycles. The van der Waals surface area contributed by atoms with Gasteiger partial charge in [0.05, 0.1) is 6.20 Å². The first-order valence-electron chi connectivity index (χ1n) is 4.07. The van der Waals surface area contributed by atoms with Crippen LogP contribution in [0.15, 0.2) is 12.4 Å². The molecule has 1 heterocycles. The summed E-state index contributed by atoms with van der Waals surface area (Å²) in [5.41, 5.74) is 1.53. The van der Waals surface area contributed by atoms with Crippen LogP contribution in [0.1, 0.15) is 33.3 Å². The Kier molecular flexibility index (Phi) is 2.03. The highest BCUT2D eigenvalue weighted by molar-refractivity contribution is 5.14. The summed E-state index contributed by atoms with van der Waals surface area (Å²) in [7, 11) is 0. The van der Waals surface area contributed by atoms with E-state index in [0.29, 0.717) is 0 Å². The van der Waals surface area contributed by atoms with Crippen LogP contribution in [0.25, 0.3) is 0 Å². The average molecular weight is 152 g/mol. The number of rotatable bonds is 1. The smallest absolute Gasteiger partial charge is 0.0527 e. The minimum absolute atomic E-state index is 0.230. The molecule has 0 aliphatic heterocycles. The zero-order valence-electron chi connectivity index (χ0n) is 7.76. The van der Waals surface area contributed by atoms with Crippen molar-refractivity contribution in [1.82, 2.24) is 9.78 Å². The Morgan fingerprint density at radius 1 is 1.45 bits per heavy atom. The van der Waals surface area contributed by atoms with E-state index in [-0.39, 0.29) is 5.41 Å². The van der Waals surface area contributed by atoms with Crippen molar-refractivity contribution in [3.05, 3.63) is 18.0 Å². The third kappa shape index (κ3) is 1.82. The van der Waals surface area contributed by atoms with Gasteiger partial charge in [-0.15, -0.1) is 0 Å². The molecule has 0 fully saturated rings. The van der Waals surface area contributed by atoms with E-state index in [1.54, 1.807) is 0 Å². The molecule has 0 spiro atoms. The van der Waals surface area contributed by atoms with E-state index in [9.17, 15) is 0 Å². The second kappa shape index (κ2) is 2.68. The fourth-order valence-corrected chi connectivity index (χ4v) is 0.924. The van der Waals surface area contributed by atoms with Gasteiger partial charge >= 0.3 is 0 Å². The van der Waals surface area contributed by atoms with E-state index in [1.165, 1.54) is 5.56 Å². The van der Waals surface area contributed by atoms with Gasteiger partial charge in [-0.25, -0.2) is 0 Å². The minimum atomic E-state index is 0.230. The normalized spacial score (nSPS) is 12.0. The van der Waals surface area contributed by atoms with Gasteiger partial charge in [0.25, 0.3) is 0 Å². The van der Waals surface area contributed by atoms with E-state index in [0.717, 1.165) is 6.54 Å². The maximum atomic E-state index is 4.22. The van der Waals surface area contributed by atoms with E-state index < -0.39 is 0 Å². The molecule has 0 aliphatic rings. The van der Waals surface area contributed by atoms with Gasteiger partial charge in [-0.05, 0) is 17.9 Å². The van der Waals surface area contributed by atoms with Gasteiger partial charge in [0, 0.05) is 12.7 Å². The number of hydrogen-bond acceptors (Lipinski definition) is 1. The lowest BCUT2D eigenvalue weighted by atomic mass is 9.90. The van der Waals surface area contributed by atoms with Crippen LogP contribution in [-0.2, 0) is 12.0 Å². The Balaban J connectivity index is 2.89. The van der Waals surface area contributed by atoms with E-state index in [4.69, 9.17) is 0 Å². The van der Waals surface area contributed by atoms with Gasteiger partial charge in [-0.1, -0.05) is 20.8 Å². The van der Waals surface area contributed by atoms with Crippen LogP contribution in [-0.4, -0.2) is 9.78 Å². The highest BCUT2D eigenvalue weighted by Crippen LogP contribution is 2.20. The predicted octanol–water partition coefficient (Wildman–Crippen LogP) is 2.20. The first kappa shape index (κ1) is 8.31. The fourth-order valence-electron chi connectivity index (χ4n) is 0.924. The molecule has 1 rings (SSSR count). The Bertz CT molecular complexity index is 230. The molecule has 0 atom stereocenters. The molecule has 2 heteroatoms. The number of nitrogens with zero attached hydrogens (tertiary/aromatic N) is 2. The lowest BCUT2D eigenvalue weighted by molar-refractivity contribution is 0.586. The summed E-state index contributed by atoms with van der Waals surface area (Å²) in [5.74, 6) is 0. The molecule has 0 amide bonds. The third-order valence-electron chi connectivity index (χ3n) is 1.82. The van der Waals surface area contributed by atoms with Gasteiger partial charge in [0.2, 0.25) is 0 Å². The lowest BCUT2D eigenvalue weighted by Crippen LogP contribution is -2.09. The SMILES string of the molecule is CCn1cc(C(C)(C)C)cn1. The van der Waals surface area contributed by atoms with Crippen LogP contribution in [0.5, 0.6) is 0 Å². The molecule has 0 radical (unpaired) electrons. The van der Waals surface area contributed by atoms with E-state index >= 15 is 0 Å². The second-order valence-corrected chi connectivity index (χ2v) is 3.83. The second-order valence-electron chi connectivity index (χ2n) is 3.83. The maximum absolute atomic E-state index is 4.22. The molecule has 0 N–H and O–H groups in total. The Hall–Kier alpha value is -0.790. The van der Waals surface area contributed by atoms with Gasteiger partial charge in [0.1, 0.15) is 0 Å². The summed E-state index contributed by atoms with van der Waals surface area (Å²) in [6, 6.07) is 0. The average Bonchev–Trinajstić information content (AvgIpc) is 2.32. The number of hydrogen-bond donors (Lipinski definition) is 0. The molecule has 0 aliphatic carbocycles. The van der Waals surface area contributed by atoms with E-state index in [1.807, 2.05) is 10.9 Å². The molecule has 11 heavy (non-hydrogen) atoms. The molecule has 0 bridgehead atoms. The zero-order valence-corrected chi connectivity index (χ0v) is 7.76. The summed E-state index contributed by atoms with van der Waals surface area (Å²) in [4.78, 5) is 0. The van der Waals surface area contributed by atoms with Crippen LogP contribution in [0.3, 0.4) is 0 Å². The van der Waals surface area contributed by atoms with Crippen molar-refractivity contribution in [1.29, 1.82) is 0 Å². The van der Waals surface area contributed by atoms with Crippen molar-refractivity contribution < 1.29 is 0 Å². The van der Waals surface area contributed by atoms with Crippen LogP contribution in [0.4, 0.5) is 0 Å². The first-order valence-corrected chi connectivity index (χ1v) is 4.07. The summed E-state index contributed by atoms with van der Waals surface area (Å²) >= 11 is 0. The molecule has 0 unspecified atom stereocenters. The highest BCUT2D eigenvalue weighted by atomic mass is 15.3. The van der Waals surface area contributed by atoms with Crippen molar-refractivity contribution >= 4 is 0 Å².